The van der Waals surface area contributed by atoms with E-state index < -0.39 is 0 Å². The largest absolute Gasteiger partial charge is 0.289 e. The van der Waals surface area contributed by atoms with E-state index in [1.165, 1.54) is 0 Å². The van der Waals surface area contributed by atoms with Crippen LogP contribution in [0, 0.1) is 25.2 Å². The molecular weight excluding hydrogens is 254 g/mol. The van der Waals surface area contributed by atoms with E-state index in [4.69, 9.17) is 5.26 Å². The van der Waals surface area contributed by atoms with Gasteiger partial charge in [-0.1, -0.05) is 18.2 Å². The number of nitrogens with zero attached hydrogens (tertiary/aromatic N) is 1. The number of hydrogen-bond acceptors (Lipinski definition) is 3. The highest BCUT2D eigenvalue weighted by atomic mass is 32.1. The number of ketones is 1. The van der Waals surface area contributed by atoms with Crippen molar-refractivity contribution in [3.05, 3.63) is 62.9 Å². The van der Waals surface area contributed by atoms with E-state index in [1.807, 2.05) is 32.0 Å². The number of carbonyl (C=O) groups excluding carboxylic acids is 1. The monoisotopic (exact) mass is 267 g/mol. The van der Waals surface area contributed by atoms with Gasteiger partial charge >= 0.3 is 0 Å². The van der Waals surface area contributed by atoms with Gasteiger partial charge in [-0.2, -0.15) is 5.26 Å². The zero-order valence-corrected chi connectivity index (χ0v) is 11.6. The number of nitriles is 1. The van der Waals surface area contributed by atoms with Crippen LogP contribution < -0.4 is 0 Å². The molecule has 0 aliphatic heterocycles. The van der Waals surface area contributed by atoms with Crippen molar-refractivity contribution in [3.63, 3.8) is 0 Å². The lowest BCUT2D eigenvalue weighted by molar-refractivity contribution is 0.104. The highest BCUT2D eigenvalue weighted by Gasteiger charge is 2.08. The SMILES string of the molecule is Cc1cc(C(=O)/C=C/c2ccc(C#N)cc2)c(C)s1. The van der Waals surface area contributed by atoms with Crippen molar-refractivity contribution >= 4 is 23.2 Å². The van der Waals surface area contributed by atoms with E-state index >= 15 is 0 Å². The Labute approximate surface area is 116 Å². The normalized spacial score (nSPS) is 10.6. The summed E-state index contributed by atoms with van der Waals surface area (Å²) in [5.41, 5.74) is 2.30. The van der Waals surface area contributed by atoms with Crippen molar-refractivity contribution in [3.8, 4) is 6.07 Å². The van der Waals surface area contributed by atoms with E-state index in [1.54, 1.807) is 35.6 Å². The third-order valence-electron chi connectivity index (χ3n) is 2.77. The Hall–Kier alpha value is -2.18. The van der Waals surface area contributed by atoms with E-state index in [9.17, 15) is 4.79 Å². The quantitative estimate of drug-likeness (QED) is 0.619. The number of carbonyl (C=O) groups is 1. The molecule has 0 radical (unpaired) electrons. The Kier molecular flexibility index (Phi) is 3.94. The molecule has 0 aliphatic rings. The molecule has 1 aromatic heterocycles. The van der Waals surface area contributed by atoms with Crippen LogP contribution in [-0.4, -0.2) is 5.78 Å². The average molecular weight is 267 g/mol. The summed E-state index contributed by atoms with van der Waals surface area (Å²) in [6.45, 7) is 3.96. The van der Waals surface area contributed by atoms with E-state index in [0.29, 0.717) is 5.56 Å². The van der Waals surface area contributed by atoms with E-state index in [0.717, 1.165) is 20.9 Å². The molecule has 0 bridgehead atoms. The van der Waals surface area contributed by atoms with Gasteiger partial charge < -0.3 is 0 Å². The molecule has 1 heterocycles. The maximum Gasteiger partial charge on any atom is 0.186 e. The van der Waals surface area contributed by atoms with Gasteiger partial charge in [0.1, 0.15) is 0 Å². The van der Waals surface area contributed by atoms with Crippen molar-refractivity contribution in [1.82, 2.24) is 0 Å². The molecular formula is C16H13NOS. The Morgan fingerprint density at radius 1 is 1.26 bits per heavy atom. The second-order valence-corrected chi connectivity index (χ2v) is 5.72. The van der Waals surface area contributed by atoms with Gasteiger partial charge in [0.05, 0.1) is 11.6 Å². The molecule has 0 amide bonds. The molecule has 0 unspecified atom stereocenters. The summed E-state index contributed by atoms with van der Waals surface area (Å²) in [5.74, 6) is 0.0196. The minimum Gasteiger partial charge on any atom is -0.289 e. The predicted molar refractivity (Wildman–Crippen MR) is 78.3 cm³/mol. The second kappa shape index (κ2) is 5.64. The third-order valence-corrected chi connectivity index (χ3v) is 3.74. The second-order valence-electron chi connectivity index (χ2n) is 4.26. The zero-order valence-electron chi connectivity index (χ0n) is 10.8. The summed E-state index contributed by atoms with van der Waals surface area (Å²) in [6.07, 6.45) is 3.35. The van der Waals surface area contributed by atoms with Crippen LogP contribution in [0.5, 0.6) is 0 Å². The average Bonchev–Trinajstić information content (AvgIpc) is 2.75. The van der Waals surface area contributed by atoms with Crippen LogP contribution in [0.1, 0.15) is 31.2 Å². The number of aryl methyl sites for hydroxylation is 2. The number of thiophene rings is 1. The Morgan fingerprint density at radius 3 is 2.47 bits per heavy atom. The molecule has 2 nitrogen and oxygen atoms in total. The molecule has 2 aromatic rings. The standard InChI is InChI=1S/C16H13NOS/c1-11-9-15(12(2)19-11)16(18)8-7-13-3-5-14(10-17)6-4-13/h3-9H,1-2H3/b8-7+. The lowest BCUT2D eigenvalue weighted by Gasteiger charge is -1.94. The van der Waals surface area contributed by atoms with Gasteiger partial charge in [0, 0.05) is 15.3 Å². The van der Waals surface area contributed by atoms with Crippen LogP contribution in [0.3, 0.4) is 0 Å². The first kappa shape index (κ1) is 13.3. The van der Waals surface area contributed by atoms with Gasteiger partial charge in [-0.3, -0.25) is 4.79 Å². The summed E-state index contributed by atoms with van der Waals surface area (Å²) >= 11 is 1.63. The Bertz CT molecular complexity index is 672. The molecule has 0 spiro atoms. The lowest BCUT2D eigenvalue weighted by atomic mass is 10.1. The first-order chi connectivity index (χ1) is 9.10. The van der Waals surface area contributed by atoms with Gasteiger partial charge in [-0.15, -0.1) is 11.3 Å². The fourth-order valence-corrected chi connectivity index (χ4v) is 2.74. The van der Waals surface area contributed by atoms with Crippen molar-refractivity contribution in [1.29, 1.82) is 5.26 Å². The number of allylic oxidation sites excluding steroid dienone is 1. The highest BCUT2D eigenvalue weighted by molar-refractivity contribution is 7.12. The topological polar surface area (TPSA) is 40.9 Å². The van der Waals surface area contributed by atoms with Gasteiger partial charge in [0.2, 0.25) is 0 Å². The maximum atomic E-state index is 12.0. The Morgan fingerprint density at radius 2 is 1.95 bits per heavy atom. The highest BCUT2D eigenvalue weighted by Crippen LogP contribution is 2.21. The van der Waals surface area contributed by atoms with Crippen LogP contribution in [0.4, 0.5) is 0 Å². The summed E-state index contributed by atoms with van der Waals surface area (Å²) < 4.78 is 0. The number of benzene rings is 1. The number of rotatable bonds is 3. The predicted octanol–water partition coefficient (Wildman–Crippen LogP) is 4.13. The maximum absolute atomic E-state index is 12.0. The summed E-state index contributed by atoms with van der Waals surface area (Å²) in [5, 5.41) is 8.71. The fraction of sp³-hybridized carbons (Fsp3) is 0.125. The Balaban J connectivity index is 2.16. The van der Waals surface area contributed by atoms with E-state index in [-0.39, 0.29) is 5.78 Å². The fourth-order valence-electron chi connectivity index (χ4n) is 1.81. The zero-order chi connectivity index (χ0) is 13.8. The van der Waals surface area contributed by atoms with E-state index in [2.05, 4.69) is 6.07 Å². The van der Waals surface area contributed by atoms with Crippen LogP contribution in [0.2, 0.25) is 0 Å². The summed E-state index contributed by atoms with van der Waals surface area (Å²) in [4.78, 5) is 14.2. The van der Waals surface area contributed by atoms with Crippen LogP contribution in [0.15, 0.2) is 36.4 Å². The van der Waals surface area contributed by atoms with Gasteiger partial charge in [-0.05, 0) is 43.7 Å². The smallest absolute Gasteiger partial charge is 0.186 e. The summed E-state index contributed by atoms with van der Waals surface area (Å²) in [6, 6.07) is 11.1. The van der Waals surface area contributed by atoms with Gasteiger partial charge in [0.25, 0.3) is 0 Å². The molecule has 0 N–H and O–H groups in total. The molecule has 2 rings (SSSR count). The molecule has 0 saturated heterocycles. The van der Waals surface area contributed by atoms with Crippen molar-refractivity contribution in [2.75, 3.05) is 0 Å². The van der Waals surface area contributed by atoms with Crippen molar-refractivity contribution < 1.29 is 4.79 Å². The first-order valence-electron chi connectivity index (χ1n) is 5.90. The van der Waals surface area contributed by atoms with Crippen LogP contribution >= 0.6 is 11.3 Å². The molecule has 19 heavy (non-hydrogen) atoms. The molecule has 0 aliphatic carbocycles. The lowest BCUT2D eigenvalue weighted by Crippen LogP contribution is -1.93. The summed E-state index contributed by atoms with van der Waals surface area (Å²) in [7, 11) is 0. The number of hydrogen-bond donors (Lipinski definition) is 0. The van der Waals surface area contributed by atoms with Crippen molar-refractivity contribution in [2.24, 2.45) is 0 Å². The molecule has 1 aromatic carbocycles. The minimum absolute atomic E-state index is 0.0196. The molecule has 0 atom stereocenters. The molecule has 3 heteroatoms. The molecule has 0 saturated carbocycles. The van der Waals surface area contributed by atoms with Crippen LogP contribution in [-0.2, 0) is 0 Å². The minimum atomic E-state index is 0.0196. The first-order valence-corrected chi connectivity index (χ1v) is 6.71. The molecule has 0 fully saturated rings. The molecule has 94 valence electrons. The third kappa shape index (κ3) is 3.18. The van der Waals surface area contributed by atoms with Crippen molar-refractivity contribution in [2.45, 2.75) is 13.8 Å². The van der Waals surface area contributed by atoms with Crippen LogP contribution in [0.25, 0.3) is 6.08 Å². The van der Waals surface area contributed by atoms with Gasteiger partial charge in [0.15, 0.2) is 5.78 Å². The van der Waals surface area contributed by atoms with Gasteiger partial charge in [-0.25, -0.2) is 0 Å².